The molecule has 0 aliphatic carbocycles. The molecule has 3 nitrogen and oxygen atoms in total. The summed E-state index contributed by atoms with van der Waals surface area (Å²) in [5, 5.41) is 0. The molecule has 0 heterocycles. The normalized spacial score (nSPS) is 12.1. The van der Waals surface area contributed by atoms with Gasteiger partial charge < -0.3 is 10.5 Å². The number of hydrogen-bond acceptors (Lipinski definition) is 3. The third-order valence-corrected chi connectivity index (χ3v) is 1.40. The summed E-state index contributed by atoms with van der Waals surface area (Å²) in [6, 6.07) is 0. The largest absolute Gasteiger partial charge is 0.423 e. The lowest BCUT2D eigenvalue weighted by Crippen LogP contribution is -2.05. The second kappa shape index (κ2) is 5.80. The summed E-state index contributed by atoms with van der Waals surface area (Å²) in [5.74, 6) is -0.173. The minimum atomic E-state index is -0.486. The van der Waals surface area contributed by atoms with Crippen molar-refractivity contribution in [2.75, 3.05) is 0 Å². The number of hydrogen-bond donors (Lipinski definition) is 1. The van der Waals surface area contributed by atoms with Gasteiger partial charge in [-0.3, -0.25) is 0 Å². The molecular weight excluding hydrogens is 178 g/mol. The first-order valence-corrected chi connectivity index (χ1v) is 4.14. The van der Waals surface area contributed by atoms with E-state index in [1.165, 1.54) is 12.2 Å². The number of ether oxygens (including phenoxy) is 1. The Kier molecular flexibility index (Phi) is 5.07. The number of rotatable bonds is 4. The molecule has 0 spiro atoms. The monoisotopic (exact) mass is 193 g/mol. The predicted octanol–water partition coefficient (Wildman–Crippen LogP) is 2.04. The summed E-state index contributed by atoms with van der Waals surface area (Å²) in [6.45, 7) is 10.3. The van der Waals surface area contributed by atoms with E-state index in [2.05, 4.69) is 13.2 Å². The van der Waals surface area contributed by atoms with Crippen LogP contribution in [-0.2, 0) is 9.53 Å². The van der Waals surface area contributed by atoms with Gasteiger partial charge in [0.1, 0.15) is 5.76 Å². The number of esters is 1. The second-order valence-corrected chi connectivity index (χ2v) is 2.71. The molecule has 0 atom stereocenters. The van der Waals surface area contributed by atoms with Crippen LogP contribution >= 0.6 is 0 Å². The third-order valence-electron chi connectivity index (χ3n) is 1.40. The first-order valence-electron chi connectivity index (χ1n) is 4.14. The molecule has 3 heteroatoms. The fourth-order valence-electron chi connectivity index (χ4n) is 0.572. The smallest absolute Gasteiger partial charge is 0.338 e. The van der Waals surface area contributed by atoms with Crippen molar-refractivity contribution in [3.05, 3.63) is 48.4 Å². The number of nitrogens with two attached hydrogens (primary N) is 1. The van der Waals surface area contributed by atoms with Gasteiger partial charge in [0, 0.05) is 17.3 Å². The summed E-state index contributed by atoms with van der Waals surface area (Å²) < 4.78 is 4.92. The Labute approximate surface area is 84.2 Å². The van der Waals surface area contributed by atoms with Crippen molar-refractivity contribution in [2.45, 2.75) is 13.8 Å². The Hall–Kier alpha value is -1.77. The molecule has 0 saturated heterocycles. The molecule has 0 aromatic carbocycles. The lowest BCUT2D eigenvalue weighted by molar-refractivity contribution is -0.134. The van der Waals surface area contributed by atoms with Gasteiger partial charge in [0.2, 0.25) is 0 Å². The van der Waals surface area contributed by atoms with Gasteiger partial charge in [-0.05, 0) is 19.9 Å². The van der Waals surface area contributed by atoms with Gasteiger partial charge in [-0.2, -0.15) is 0 Å². The summed E-state index contributed by atoms with van der Waals surface area (Å²) in [4.78, 5) is 11.1. The molecule has 0 rings (SSSR count). The molecule has 0 radical (unpaired) electrons. The Morgan fingerprint density at radius 3 is 2.43 bits per heavy atom. The van der Waals surface area contributed by atoms with Crippen molar-refractivity contribution in [1.82, 2.24) is 0 Å². The average molecular weight is 193 g/mol. The van der Waals surface area contributed by atoms with Crippen LogP contribution in [0, 0.1) is 0 Å². The van der Waals surface area contributed by atoms with Crippen molar-refractivity contribution in [1.29, 1.82) is 0 Å². The molecule has 76 valence electrons. The van der Waals surface area contributed by atoms with E-state index in [0.29, 0.717) is 17.0 Å². The van der Waals surface area contributed by atoms with E-state index in [1.54, 1.807) is 19.9 Å². The molecule has 0 unspecified atom stereocenters. The maximum absolute atomic E-state index is 11.1. The van der Waals surface area contributed by atoms with E-state index < -0.39 is 5.97 Å². The zero-order valence-electron chi connectivity index (χ0n) is 8.54. The maximum atomic E-state index is 11.1. The fraction of sp³-hybridized carbons (Fsp3) is 0.182. The second-order valence-electron chi connectivity index (χ2n) is 2.71. The van der Waals surface area contributed by atoms with Crippen LogP contribution in [-0.4, -0.2) is 5.97 Å². The number of allylic oxidation sites excluding steroid dienone is 3. The van der Waals surface area contributed by atoms with Crippen LogP contribution in [0.4, 0.5) is 0 Å². The Balaban J connectivity index is 4.61. The summed E-state index contributed by atoms with van der Waals surface area (Å²) in [6.07, 6.45) is 4.63. The van der Waals surface area contributed by atoms with E-state index in [4.69, 9.17) is 10.5 Å². The Morgan fingerprint density at radius 2 is 2.07 bits per heavy atom. The maximum Gasteiger partial charge on any atom is 0.338 e. The van der Waals surface area contributed by atoms with Crippen LogP contribution < -0.4 is 5.73 Å². The highest BCUT2D eigenvalue weighted by Gasteiger charge is 2.04. The highest BCUT2D eigenvalue weighted by molar-refractivity contribution is 5.87. The number of carbonyl (C=O) groups excluding carboxylic acids is 1. The minimum absolute atomic E-state index is 0.314. The molecule has 0 aliphatic rings. The van der Waals surface area contributed by atoms with Gasteiger partial charge in [-0.15, -0.1) is 0 Å². The molecule has 0 aromatic rings. The first-order chi connectivity index (χ1) is 6.51. The van der Waals surface area contributed by atoms with E-state index in [0.717, 1.165) is 0 Å². The van der Waals surface area contributed by atoms with Gasteiger partial charge in [-0.1, -0.05) is 19.2 Å². The number of carbonyl (C=O) groups is 1. The topological polar surface area (TPSA) is 52.3 Å². The summed E-state index contributed by atoms with van der Waals surface area (Å²) in [5.41, 5.74) is 6.36. The van der Waals surface area contributed by atoms with Crippen LogP contribution in [0.25, 0.3) is 0 Å². The lowest BCUT2D eigenvalue weighted by atomic mass is 10.3. The SMILES string of the molecule is C=C/C(=C\C(N)=C/C)OC(=O)C(=C)C. The molecule has 0 saturated carbocycles. The van der Waals surface area contributed by atoms with Gasteiger partial charge in [0.05, 0.1) is 0 Å². The lowest BCUT2D eigenvalue weighted by Gasteiger charge is -2.04. The van der Waals surface area contributed by atoms with Crippen molar-refractivity contribution in [2.24, 2.45) is 5.73 Å². The molecule has 0 amide bonds. The molecule has 0 fully saturated rings. The summed E-state index contributed by atoms with van der Waals surface area (Å²) in [7, 11) is 0. The van der Waals surface area contributed by atoms with E-state index in [1.807, 2.05) is 0 Å². The molecule has 0 bridgehead atoms. The van der Waals surface area contributed by atoms with Gasteiger partial charge in [-0.25, -0.2) is 4.79 Å². The van der Waals surface area contributed by atoms with E-state index >= 15 is 0 Å². The highest BCUT2D eigenvalue weighted by atomic mass is 16.5. The van der Waals surface area contributed by atoms with Crippen LogP contribution in [0.2, 0.25) is 0 Å². The van der Waals surface area contributed by atoms with E-state index in [-0.39, 0.29) is 0 Å². The van der Waals surface area contributed by atoms with E-state index in [9.17, 15) is 4.79 Å². The Morgan fingerprint density at radius 1 is 1.50 bits per heavy atom. The highest BCUT2D eigenvalue weighted by Crippen LogP contribution is 2.05. The zero-order valence-corrected chi connectivity index (χ0v) is 8.54. The summed E-state index contributed by atoms with van der Waals surface area (Å²) >= 11 is 0. The molecular formula is C11H15NO2. The molecule has 2 N–H and O–H groups in total. The minimum Gasteiger partial charge on any atom is -0.423 e. The van der Waals surface area contributed by atoms with Gasteiger partial charge in [0.25, 0.3) is 0 Å². The van der Waals surface area contributed by atoms with Crippen molar-refractivity contribution in [3.63, 3.8) is 0 Å². The van der Waals surface area contributed by atoms with Crippen LogP contribution in [0.5, 0.6) is 0 Å². The van der Waals surface area contributed by atoms with Crippen molar-refractivity contribution in [3.8, 4) is 0 Å². The fourth-order valence-corrected chi connectivity index (χ4v) is 0.572. The first kappa shape index (κ1) is 12.2. The standard InChI is InChI=1S/C11H15NO2/c1-5-9(12)7-10(6-2)14-11(13)8(3)4/h5-7H,2-3,12H2,1,4H3/b9-5+,10-7+. The zero-order chi connectivity index (χ0) is 11.1. The third kappa shape index (κ3) is 4.30. The average Bonchev–Trinajstić information content (AvgIpc) is 2.16. The molecule has 14 heavy (non-hydrogen) atoms. The molecule has 0 aliphatic heterocycles. The molecule has 0 aromatic heterocycles. The van der Waals surface area contributed by atoms with Crippen LogP contribution in [0.15, 0.2) is 48.4 Å². The van der Waals surface area contributed by atoms with Crippen molar-refractivity contribution < 1.29 is 9.53 Å². The van der Waals surface area contributed by atoms with Gasteiger partial charge >= 0.3 is 5.97 Å². The Bertz CT molecular complexity index is 311. The van der Waals surface area contributed by atoms with Crippen molar-refractivity contribution >= 4 is 5.97 Å². The van der Waals surface area contributed by atoms with Gasteiger partial charge in [0.15, 0.2) is 0 Å². The quantitative estimate of drug-likeness (QED) is 0.322. The van der Waals surface area contributed by atoms with Crippen LogP contribution in [0.3, 0.4) is 0 Å². The van der Waals surface area contributed by atoms with Crippen LogP contribution in [0.1, 0.15) is 13.8 Å². The predicted molar refractivity (Wildman–Crippen MR) is 57.1 cm³/mol.